The molecule has 1 heterocycles. The van der Waals surface area contributed by atoms with E-state index in [1.807, 2.05) is 36.4 Å². The minimum absolute atomic E-state index is 0.103. The molecule has 3 aromatic rings. The number of nitrogens with two attached hydrogens (primary N) is 1. The van der Waals surface area contributed by atoms with E-state index in [0.29, 0.717) is 28.9 Å². The fraction of sp³-hybridized carbons (Fsp3) is 0.111. The van der Waals surface area contributed by atoms with Crippen LogP contribution in [0.15, 0.2) is 36.4 Å². The molecule has 0 aliphatic carbocycles. The third-order valence-corrected chi connectivity index (χ3v) is 3.77. The summed E-state index contributed by atoms with van der Waals surface area (Å²) < 4.78 is 5.32. The zero-order chi connectivity index (χ0) is 17.1. The molecule has 0 spiro atoms. The van der Waals surface area contributed by atoms with Crippen molar-refractivity contribution in [3.63, 3.8) is 0 Å². The lowest BCUT2D eigenvalue weighted by molar-refractivity contribution is 0.0693. The number of fused-ring (bicyclic) bond motifs is 1. The Bertz CT molecular complexity index is 928. The number of hydrogen-bond donors (Lipinski definition) is 3. The predicted octanol–water partition coefficient (Wildman–Crippen LogP) is 2.90. The minimum Gasteiger partial charge on any atom is -0.495 e. The number of benzene rings is 2. The second-order valence-corrected chi connectivity index (χ2v) is 5.27. The van der Waals surface area contributed by atoms with Crippen LogP contribution in [0.25, 0.3) is 23.1 Å². The molecule has 4 N–H and O–H groups in total. The number of aromatic amines is 1. The van der Waals surface area contributed by atoms with Crippen molar-refractivity contribution in [1.29, 1.82) is 0 Å². The fourth-order valence-corrected chi connectivity index (χ4v) is 2.61. The smallest absolute Gasteiger partial charge is 0.339 e. The number of nitrogens with one attached hydrogen (secondary N) is 1. The third-order valence-electron chi connectivity index (χ3n) is 3.77. The number of hydrogen-bond acceptors (Lipinski definition) is 4. The van der Waals surface area contributed by atoms with E-state index in [1.54, 1.807) is 6.07 Å². The van der Waals surface area contributed by atoms with Gasteiger partial charge in [0.2, 0.25) is 0 Å². The Hall–Kier alpha value is -3.12. The van der Waals surface area contributed by atoms with E-state index in [4.69, 9.17) is 10.5 Å². The fourth-order valence-electron chi connectivity index (χ4n) is 2.61. The maximum Gasteiger partial charge on any atom is 0.339 e. The molecular formula is C18H17N3O3. The van der Waals surface area contributed by atoms with Gasteiger partial charge in [0, 0.05) is 6.54 Å². The first-order valence-corrected chi connectivity index (χ1v) is 7.39. The van der Waals surface area contributed by atoms with Gasteiger partial charge >= 0.3 is 5.97 Å². The van der Waals surface area contributed by atoms with E-state index in [9.17, 15) is 9.90 Å². The van der Waals surface area contributed by atoms with Crippen LogP contribution in [-0.4, -0.2) is 28.4 Å². The standard InChI is InChI=1S/C18H17N3O3/c1-24-17-13(18(22)23)6-8-15-16(17)14(20-21-15)7-5-11-3-2-4-12(9-11)10-19/h2-9H,10,19H2,1H3,(H,20,21)(H,22,23). The van der Waals surface area contributed by atoms with Crippen LogP contribution in [0, 0.1) is 0 Å². The van der Waals surface area contributed by atoms with Crippen molar-refractivity contribution < 1.29 is 14.6 Å². The molecule has 1 aromatic heterocycles. The van der Waals surface area contributed by atoms with Crippen molar-refractivity contribution in [3.05, 3.63) is 58.8 Å². The number of aromatic nitrogens is 2. The van der Waals surface area contributed by atoms with Gasteiger partial charge in [-0.1, -0.05) is 30.3 Å². The lowest BCUT2D eigenvalue weighted by Gasteiger charge is -2.06. The van der Waals surface area contributed by atoms with Crippen LogP contribution < -0.4 is 10.5 Å². The Balaban J connectivity index is 2.07. The van der Waals surface area contributed by atoms with Gasteiger partial charge in [0.25, 0.3) is 0 Å². The average Bonchev–Trinajstić information content (AvgIpc) is 3.02. The molecule has 122 valence electrons. The first-order chi connectivity index (χ1) is 11.6. The molecule has 2 aromatic carbocycles. The molecule has 0 saturated heterocycles. The van der Waals surface area contributed by atoms with Crippen LogP contribution >= 0.6 is 0 Å². The van der Waals surface area contributed by atoms with Gasteiger partial charge in [0.1, 0.15) is 11.3 Å². The Morgan fingerprint density at radius 2 is 2.17 bits per heavy atom. The molecule has 3 rings (SSSR count). The van der Waals surface area contributed by atoms with Gasteiger partial charge in [0.05, 0.1) is 23.7 Å². The molecule has 0 fully saturated rings. The van der Waals surface area contributed by atoms with Gasteiger partial charge in [0.15, 0.2) is 0 Å². The SMILES string of the molecule is COc1c(C(=O)O)ccc2[nH]nc(C=Cc3cccc(CN)c3)c12. The first-order valence-electron chi connectivity index (χ1n) is 7.39. The number of methoxy groups -OCH3 is 1. The summed E-state index contributed by atoms with van der Waals surface area (Å²) in [6, 6.07) is 11.0. The third kappa shape index (κ3) is 2.87. The number of aromatic carboxylic acids is 1. The van der Waals surface area contributed by atoms with Crippen molar-refractivity contribution >= 4 is 29.0 Å². The van der Waals surface area contributed by atoms with E-state index in [1.165, 1.54) is 13.2 Å². The topological polar surface area (TPSA) is 101 Å². The monoisotopic (exact) mass is 323 g/mol. The highest BCUT2D eigenvalue weighted by Gasteiger charge is 2.17. The minimum atomic E-state index is -1.04. The molecule has 0 aliphatic heterocycles. The van der Waals surface area contributed by atoms with Gasteiger partial charge < -0.3 is 15.6 Å². The summed E-state index contributed by atoms with van der Waals surface area (Å²) in [6.45, 7) is 0.475. The number of carbonyl (C=O) groups is 1. The van der Waals surface area contributed by atoms with E-state index >= 15 is 0 Å². The molecule has 0 amide bonds. The Morgan fingerprint density at radius 1 is 1.33 bits per heavy atom. The van der Waals surface area contributed by atoms with Crippen molar-refractivity contribution in [1.82, 2.24) is 10.2 Å². The van der Waals surface area contributed by atoms with Gasteiger partial charge in [-0.2, -0.15) is 5.10 Å². The maximum atomic E-state index is 11.4. The molecule has 0 bridgehead atoms. The van der Waals surface area contributed by atoms with Crippen molar-refractivity contribution in [3.8, 4) is 5.75 Å². The van der Waals surface area contributed by atoms with Crippen LogP contribution in [0.4, 0.5) is 0 Å². The quantitative estimate of drug-likeness (QED) is 0.670. The highest BCUT2D eigenvalue weighted by Crippen LogP contribution is 2.32. The van der Waals surface area contributed by atoms with Crippen LogP contribution in [0.1, 0.15) is 27.2 Å². The molecule has 24 heavy (non-hydrogen) atoms. The number of carboxylic acid groups (broad SMARTS) is 1. The molecule has 0 unspecified atom stereocenters. The number of H-pyrrole nitrogens is 1. The molecule has 0 aliphatic rings. The first kappa shape index (κ1) is 15.8. The van der Waals surface area contributed by atoms with Crippen LogP contribution in [0.2, 0.25) is 0 Å². The maximum absolute atomic E-state index is 11.4. The molecule has 6 heteroatoms. The molecular weight excluding hydrogens is 306 g/mol. The van der Waals surface area contributed by atoms with Crippen LogP contribution in [-0.2, 0) is 6.54 Å². The van der Waals surface area contributed by atoms with Gasteiger partial charge in [-0.25, -0.2) is 4.79 Å². The summed E-state index contributed by atoms with van der Waals surface area (Å²) in [7, 11) is 1.45. The number of rotatable bonds is 5. The molecule has 0 atom stereocenters. The highest BCUT2D eigenvalue weighted by atomic mass is 16.5. The molecule has 6 nitrogen and oxygen atoms in total. The van der Waals surface area contributed by atoms with Gasteiger partial charge in [-0.3, -0.25) is 5.10 Å². The van der Waals surface area contributed by atoms with Crippen molar-refractivity contribution in [2.45, 2.75) is 6.54 Å². The van der Waals surface area contributed by atoms with E-state index < -0.39 is 5.97 Å². The van der Waals surface area contributed by atoms with Crippen LogP contribution in [0.3, 0.4) is 0 Å². The summed E-state index contributed by atoms with van der Waals surface area (Å²) >= 11 is 0. The molecule has 0 saturated carbocycles. The largest absolute Gasteiger partial charge is 0.495 e. The Morgan fingerprint density at radius 3 is 2.88 bits per heavy atom. The Labute approximate surface area is 138 Å². The van der Waals surface area contributed by atoms with Crippen molar-refractivity contribution in [2.75, 3.05) is 7.11 Å². The number of carboxylic acids is 1. The average molecular weight is 323 g/mol. The van der Waals surface area contributed by atoms with Crippen molar-refractivity contribution in [2.24, 2.45) is 5.73 Å². The highest BCUT2D eigenvalue weighted by molar-refractivity contribution is 6.02. The normalized spacial score (nSPS) is 11.2. The second kappa shape index (κ2) is 6.55. The van der Waals surface area contributed by atoms with Gasteiger partial charge in [-0.15, -0.1) is 0 Å². The zero-order valence-electron chi connectivity index (χ0n) is 13.1. The summed E-state index contributed by atoms with van der Waals surface area (Å²) in [4.78, 5) is 11.4. The Kier molecular flexibility index (Phi) is 4.31. The number of nitrogens with zero attached hydrogens (tertiary/aromatic N) is 1. The summed E-state index contributed by atoms with van der Waals surface area (Å²) in [5, 5.41) is 17.1. The number of ether oxygens (including phenoxy) is 1. The summed E-state index contributed by atoms with van der Waals surface area (Å²) in [6.07, 6.45) is 3.73. The van der Waals surface area contributed by atoms with Gasteiger partial charge in [-0.05, 0) is 29.3 Å². The lowest BCUT2D eigenvalue weighted by Crippen LogP contribution is -2.00. The lowest BCUT2D eigenvalue weighted by atomic mass is 10.1. The zero-order valence-corrected chi connectivity index (χ0v) is 13.1. The second-order valence-electron chi connectivity index (χ2n) is 5.27. The van der Waals surface area contributed by atoms with Crippen LogP contribution in [0.5, 0.6) is 5.75 Å². The summed E-state index contributed by atoms with van der Waals surface area (Å²) in [5.74, 6) is -0.746. The van der Waals surface area contributed by atoms with E-state index in [-0.39, 0.29) is 5.56 Å². The van der Waals surface area contributed by atoms with E-state index in [0.717, 1.165) is 11.1 Å². The predicted molar refractivity (Wildman–Crippen MR) is 92.9 cm³/mol. The summed E-state index contributed by atoms with van der Waals surface area (Å²) in [5.41, 5.74) is 9.11. The molecule has 0 radical (unpaired) electrons. The van der Waals surface area contributed by atoms with E-state index in [2.05, 4.69) is 10.2 Å².